The van der Waals surface area contributed by atoms with Crippen molar-refractivity contribution in [3.8, 4) is 0 Å². The Kier molecular flexibility index (Phi) is 6.67. The summed E-state index contributed by atoms with van der Waals surface area (Å²) in [6.07, 6.45) is 7.12. The Labute approximate surface area is 135 Å². The van der Waals surface area contributed by atoms with E-state index >= 15 is 0 Å². The third-order valence-electron chi connectivity index (χ3n) is 4.91. The third-order valence-corrected chi connectivity index (χ3v) is 4.91. The van der Waals surface area contributed by atoms with E-state index in [0.29, 0.717) is 0 Å². The number of aryl methyl sites for hydroxylation is 1. The fraction of sp³-hybridized carbons (Fsp3) is 0.429. The maximum atomic E-state index is 5.70. The number of hydrogen-bond donors (Lipinski definition) is 1. The Morgan fingerprint density at radius 3 is 2.05 bits per heavy atom. The highest BCUT2D eigenvalue weighted by molar-refractivity contribution is 5.26. The number of rotatable bonds is 9. The fourth-order valence-electron chi connectivity index (χ4n) is 3.40. The topological polar surface area (TPSA) is 26.0 Å². The number of hydrogen-bond acceptors (Lipinski definition) is 1. The van der Waals surface area contributed by atoms with Gasteiger partial charge in [-0.25, -0.2) is 0 Å². The van der Waals surface area contributed by atoms with Gasteiger partial charge >= 0.3 is 0 Å². The first kappa shape index (κ1) is 16.8. The van der Waals surface area contributed by atoms with Crippen molar-refractivity contribution in [2.75, 3.05) is 6.54 Å². The van der Waals surface area contributed by atoms with E-state index in [1.54, 1.807) is 0 Å². The van der Waals surface area contributed by atoms with Gasteiger partial charge in [0.2, 0.25) is 0 Å². The van der Waals surface area contributed by atoms with Gasteiger partial charge in [0.25, 0.3) is 0 Å². The molecule has 0 aliphatic heterocycles. The molecular weight excluding hydrogens is 266 g/mol. The Morgan fingerprint density at radius 2 is 1.45 bits per heavy atom. The second-order valence-corrected chi connectivity index (χ2v) is 6.23. The van der Waals surface area contributed by atoms with Crippen LogP contribution in [0.4, 0.5) is 0 Å². The van der Waals surface area contributed by atoms with Crippen LogP contribution in [0.1, 0.15) is 50.2 Å². The third kappa shape index (κ3) is 4.45. The molecule has 2 aromatic carbocycles. The molecule has 0 fully saturated rings. The highest BCUT2D eigenvalue weighted by atomic mass is 14.5. The van der Waals surface area contributed by atoms with Crippen molar-refractivity contribution in [1.82, 2.24) is 0 Å². The largest absolute Gasteiger partial charge is 0.330 e. The molecule has 0 aromatic heterocycles. The molecule has 1 nitrogen and oxygen atoms in total. The van der Waals surface area contributed by atoms with E-state index in [2.05, 4.69) is 67.6 Å². The molecule has 0 spiro atoms. The van der Waals surface area contributed by atoms with Crippen molar-refractivity contribution in [2.45, 2.75) is 50.9 Å². The molecule has 1 atom stereocenters. The van der Waals surface area contributed by atoms with Crippen LogP contribution in [-0.2, 0) is 11.8 Å². The van der Waals surface area contributed by atoms with Crippen LogP contribution in [0.25, 0.3) is 0 Å². The molecule has 0 bridgehead atoms. The van der Waals surface area contributed by atoms with E-state index in [-0.39, 0.29) is 5.41 Å². The molecule has 2 N–H and O–H groups in total. The van der Waals surface area contributed by atoms with Gasteiger partial charge in [-0.15, -0.1) is 0 Å². The van der Waals surface area contributed by atoms with Gasteiger partial charge in [-0.05, 0) is 55.2 Å². The molecule has 2 aromatic rings. The summed E-state index contributed by atoms with van der Waals surface area (Å²) in [5, 5.41) is 0. The highest BCUT2D eigenvalue weighted by Crippen LogP contribution is 2.37. The van der Waals surface area contributed by atoms with Crippen LogP contribution in [0.3, 0.4) is 0 Å². The zero-order valence-electron chi connectivity index (χ0n) is 13.8. The maximum Gasteiger partial charge on any atom is -0.00464 e. The van der Waals surface area contributed by atoms with Gasteiger partial charge in [0.05, 0.1) is 0 Å². The first-order valence-corrected chi connectivity index (χ1v) is 8.60. The highest BCUT2D eigenvalue weighted by Gasteiger charge is 2.29. The van der Waals surface area contributed by atoms with E-state index in [9.17, 15) is 0 Å². The van der Waals surface area contributed by atoms with E-state index in [1.807, 2.05) is 0 Å². The van der Waals surface area contributed by atoms with E-state index in [1.165, 1.54) is 36.8 Å². The molecule has 0 saturated heterocycles. The first-order valence-electron chi connectivity index (χ1n) is 8.60. The minimum absolute atomic E-state index is 0.284. The summed E-state index contributed by atoms with van der Waals surface area (Å²) in [6, 6.07) is 21.9. The Balaban J connectivity index is 2.16. The molecule has 2 rings (SSSR count). The van der Waals surface area contributed by atoms with Crippen LogP contribution >= 0.6 is 0 Å². The number of nitrogens with two attached hydrogens (primary N) is 1. The number of unbranched alkanes of at least 4 members (excludes halogenated alkanes) is 1. The van der Waals surface area contributed by atoms with Gasteiger partial charge in [-0.3, -0.25) is 0 Å². The molecule has 0 heterocycles. The smallest absolute Gasteiger partial charge is 0.00464 e. The molecule has 0 aliphatic carbocycles. The predicted molar refractivity (Wildman–Crippen MR) is 96.1 cm³/mol. The zero-order valence-corrected chi connectivity index (χ0v) is 13.8. The van der Waals surface area contributed by atoms with Crippen LogP contribution in [0.2, 0.25) is 0 Å². The summed E-state index contributed by atoms with van der Waals surface area (Å²) in [6.45, 7) is 3.13. The minimum atomic E-state index is 0.284. The van der Waals surface area contributed by atoms with Gasteiger partial charge in [-0.1, -0.05) is 74.0 Å². The van der Waals surface area contributed by atoms with Gasteiger partial charge in [0, 0.05) is 0 Å². The Morgan fingerprint density at radius 1 is 0.818 bits per heavy atom. The Bertz CT molecular complexity index is 520. The van der Waals surface area contributed by atoms with Crippen LogP contribution in [0, 0.1) is 0 Å². The van der Waals surface area contributed by atoms with E-state index in [0.717, 1.165) is 19.4 Å². The monoisotopic (exact) mass is 295 g/mol. The summed E-state index contributed by atoms with van der Waals surface area (Å²) in [4.78, 5) is 0. The Hall–Kier alpha value is -1.60. The summed E-state index contributed by atoms with van der Waals surface area (Å²) in [5.74, 6) is 0. The summed E-state index contributed by atoms with van der Waals surface area (Å²) in [5.41, 5.74) is 8.92. The lowest BCUT2D eigenvalue weighted by Gasteiger charge is -2.34. The standard InChI is InChI=1S/C21H29N/c1-2-21(16-9-10-18-22,20-13-7-4-8-14-20)17-15-19-11-5-3-6-12-19/h3-8,11-14H,2,9-10,15-18,22H2,1H3. The lowest BCUT2D eigenvalue weighted by Crippen LogP contribution is -2.26. The van der Waals surface area contributed by atoms with Gasteiger partial charge in [0.15, 0.2) is 0 Å². The van der Waals surface area contributed by atoms with Crippen LogP contribution in [0.5, 0.6) is 0 Å². The molecule has 118 valence electrons. The second-order valence-electron chi connectivity index (χ2n) is 6.23. The van der Waals surface area contributed by atoms with Crippen molar-refractivity contribution in [3.63, 3.8) is 0 Å². The van der Waals surface area contributed by atoms with Crippen molar-refractivity contribution in [2.24, 2.45) is 5.73 Å². The normalized spacial score (nSPS) is 13.7. The molecular formula is C21H29N. The van der Waals surface area contributed by atoms with E-state index < -0.39 is 0 Å². The first-order chi connectivity index (χ1) is 10.8. The second kappa shape index (κ2) is 8.75. The molecule has 0 aliphatic rings. The molecule has 22 heavy (non-hydrogen) atoms. The lowest BCUT2D eigenvalue weighted by atomic mass is 9.70. The molecule has 1 heteroatoms. The van der Waals surface area contributed by atoms with E-state index in [4.69, 9.17) is 5.73 Å². The van der Waals surface area contributed by atoms with Crippen molar-refractivity contribution in [3.05, 3.63) is 71.8 Å². The predicted octanol–water partition coefficient (Wildman–Crippen LogP) is 5.10. The summed E-state index contributed by atoms with van der Waals surface area (Å²) < 4.78 is 0. The average molecular weight is 295 g/mol. The average Bonchev–Trinajstić information content (AvgIpc) is 2.60. The quantitative estimate of drug-likeness (QED) is 0.640. The fourth-order valence-corrected chi connectivity index (χ4v) is 3.40. The van der Waals surface area contributed by atoms with Crippen molar-refractivity contribution < 1.29 is 0 Å². The molecule has 0 amide bonds. The van der Waals surface area contributed by atoms with Crippen LogP contribution in [-0.4, -0.2) is 6.54 Å². The van der Waals surface area contributed by atoms with Gasteiger partial charge < -0.3 is 5.73 Å². The SMILES string of the molecule is CCC(CCCCN)(CCc1ccccc1)c1ccccc1. The van der Waals surface area contributed by atoms with Crippen LogP contribution < -0.4 is 5.73 Å². The number of benzene rings is 2. The molecule has 0 saturated carbocycles. The maximum absolute atomic E-state index is 5.70. The lowest BCUT2D eigenvalue weighted by molar-refractivity contribution is 0.338. The minimum Gasteiger partial charge on any atom is -0.330 e. The van der Waals surface area contributed by atoms with Crippen molar-refractivity contribution in [1.29, 1.82) is 0 Å². The zero-order chi connectivity index (χ0) is 15.7. The molecule has 1 unspecified atom stereocenters. The summed E-state index contributed by atoms with van der Waals surface area (Å²) >= 11 is 0. The van der Waals surface area contributed by atoms with Gasteiger partial charge in [-0.2, -0.15) is 0 Å². The van der Waals surface area contributed by atoms with Gasteiger partial charge in [0.1, 0.15) is 0 Å². The summed E-state index contributed by atoms with van der Waals surface area (Å²) in [7, 11) is 0. The van der Waals surface area contributed by atoms with Crippen LogP contribution in [0.15, 0.2) is 60.7 Å². The molecule has 0 radical (unpaired) electrons. The van der Waals surface area contributed by atoms with Crippen molar-refractivity contribution >= 4 is 0 Å².